The van der Waals surface area contributed by atoms with Crippen molar-refractivity contribution in [3.8, 4) is 5.75 Å². The first kappa shape index (κ1) is 17.5. The topological polar surface area (TPSA) is 67.6 Å². The summed E-state index contributed by atoms with van der Waals surface area (Å²) in [5.74, 6) is 0.609. The maximum atomic E-state index is 11.9. The molecule has 0 saturated heterocycles. The van der Waals surface area contributed by atoms with Gasteiger partial charge in [-0.15, -0.1) is 0 Å². The highest BCUT2D eigenvalue weighted by atomic mass is 16.5. The lowest BCUT2D eigenvalue weighted by Gasteiger charge is -2.13. The Kier molecular flexibility index (Phi) is 7.79. The number of ether oxygens (including phenoxy) is 1. The molecule has 0 radical (unpaired) electrons. The zero-order valence-electron chi connectivity index (χ0n) is 13.3. The van der Waals surface area contributed by atoms with Crippen LogP contribution in [0.1, 0.15) is 26.2 Å². The monoisotopic (exact) mass is 293 g/mol. The van der Waals surface area contributed by atoms with Crippen molar-refractivity contribution in [3.63, 3.8) is 0 Å². The van der Waals surface area contributed by atoms with Crippen molar-refractivity contribution in [1.82, 2.24) is 4.90 Å². The van der Waals surface area contributed by atoms with E-state index in [0.717, 1.165) is 30.8 Å². The number of nitrogens with zero attached hydrogens (tertiary/aromatic N) is 1. The summed E-state index contributed by atoms with van der Waals surface area (Å²) in [5, 5.41) is 2.82. The van der Waals surface area contributed by atoms with E-state index in [1.807, 2.05) is 45.3 Å². The predicted octanol–water partition coefficient (Wildman–Crippen LogP) is 2.08. The number of carbonyl (C=O) groups is 1. The average Bonchev–Trinajstić information content (AvgIpc) is 2.44. The molecule has 1 aromatic rings. The molecule has 0 aliphatic heterocycles. The summed E-state index contributed by atoms with van der Waals surface area (Å²) in [6.45, 7) is 3.66. The SMILES string of the molecule is CCCC(N)C(=O)Nc1cccc(OCCCN(C)C)c1. The first-order valence-electron chi connectivity index (χ1n) is 7.47. The van der Waals surface area contributed by atoms with E-state index in [2.05, 4.69) is 10.2 Å². The van der Waals surface area contributed by atoms with E-state index < -0.39 is 6.04 Å². The van der Waals surface area contributed by atoms with E-state index >= 15 is 0 Å². The van der Waals surface area contributed by atoms with Gasteiger partial charge in [0.1, 0.15) is 5.75 Å². The molecular formula is C16H27N3O2. The summed E-state index contributed by atoms with van der Waals surface area (Å²) in [6, 6.07) is 6.95. The van der Waals surface area contributed by atoms with E-state index in [-0.39, 0.29) is 5.91 Å². The van der Waals surface area contributed by atoms with Gasteiger partial charge in [0.05, 0.1) is 12.6 Å². The van der Waals surface area contributed by atoms with Crippen molar-refractivity contribution in [3.05, 3.63) is 24.3 Å². The minimum absolute atomic E-state index is 0.151. The van der Waals surface area contributed by atoms with Gasteiger partial charge in [-0.2, -0.15) is 0 Å². The smallest absolute Gasteiger partial charge is 0.241 e. The quantitative estimate of drug-likeness (QED) is 0.684. The van der Waals surface area contributed by atoms with Gasteiger partial charge in [0, 0.05) is 18.3 Å². The highest BCUT2D eigenvalue weighted by Gasteiger charge is 2.12. The van der Waals surface area contributed by atoms with E-state index in [1.54, 1.807) is 0 Å². The van der Waals surface area contributed by atoms with Crippen LogP contribution in [0.5, 0.6) is 5.75 Å². The second-order valence-corrected chi connectivity index (χ2v) is 5.42. The van der Waals surface area contributed by atoms with Crippen LogP contribution in [-0.4, -0.2) is 44.1 Å². The summed E-state index contributed by atoms with van der Waals surface area (Å²) >= 11 is 0. The van der Waals surface area contributed by atoms with Crippen LogP contribution in [0.4, 0.5) is 5.69 Å². The van der Waals surface area contributed by atoms with Crippen LogP contribution in [0.25, 0.3) is 0 Å². The van der Waals surface area contributed by atoms with Crippen molar-refractivity contribution in [2.45, 2.75) is 32.2 Å². The Balaban J connectivity index is 2.46. The Morgan fingerprint density at radius 2 is 2.19 bits per heavy atom. The number of hydrogen-bond donors (Lipinski definition) is 2. The normalized spacial score (nSPS) is 12.2. The molecule has 1 unspecified atom stereocenters. The Hall–Kier alpha value is -1.59. The van der Waals surface area contributed by atoms with Crippen molar-refractivity contribution >= 4 is 11.6 Å². The maximum Gasteiger partial charge on any atom is 0.241 e. The number of nitrogens with two attached hydrogens (primary N) is 1. The maximum absolute atomic E-state index is 11.9. The van der Waals surface area contributed by atoms with Crippen molar-refractivity contribution < 1.29 is 9.53 Å². The van der Waals surface area contributed by atoms with Crippen molar-refractivity contribution in [2.75, 3.05) is 32.6 Å². The van der Waals surface area contributed by atoms with Crippen LogP contribution in [0.2, 0.25) is 0 Å². The van der Waals surface area contributed by atoms with Gasteiger partial charge in [-0.3, -0.25) is 4.79 Å². The fourth-order valence-electron chi connectivity index (χ4n) is 1.91. The number of rotatable bonds is 9. The van der Waals surface area contributed by atoms with E-state index in [4.69, 9.17) is 10.5 Å². The number of carbonyl (C=O) groups excluding carboxylic acids is 1. The fraction of sp³-hybridized carbons (Fsp3) is 0.562. The number of amides is 1. The standard InChI is InChI=1S/C16H27N3O2/c1-4-7-15(17)16(20)18-13-8-5-9-14(12-13)21-11-6-10-19(2)3/h5,8-9,12,15H,4,6-7,10-11,17H2,1-3H3,(H,18,20). The lowest BCUT2D eigenvalue weighted by Crippen LogP contribution is -2.35. The third-order valence-corrected chi connectivity index (χ3v) is 3.06. The lowest BCUT2D eigenvalue weighted by molar-refractivity contribution is -0.117. The number of hydrogen-bond acceptors (Lipinski definition) is 4. The van der Waals surface area contributed by atoms with Gasteiger partial charge >= 0.3 is 0 Å². The molecule has 21 heavy (non-hydrogen) atoms. The zero-order valence-corrected chi connectivity index (χ0v) is 13.3. The van der Waals surface area contributed by atoms with Crippen LogP contribution in [0.3, 0.4) is 0 Å². The molecule has 0 spiro atoms. The molecule has 0 aromatic heterocycles. The minimum atomic E-state index is -0.459. The fourth-order valence-corrected chi connectivity index (χ4v) is 1.91. The van der Waals surface area contributed by atoms with Gasteiger partial charge < -0.3 is 20.7 Å². The summed E-state index contributed by atoms with van der Waals surface area (Å²) in [6.07, 6.45) is 2.54. The van der Waals surface area contributed by atoms with Gasteiger partial charge in [0.15, 0.2) is 0 Å². The molecule has 1 rings (SSSR count). The van der Waals surface area contributed by atoms with E-state index in [9.17, 15) is 4.79 Å². The second-order valence-electron chi connectivity index (χ2n) is 5.42. The van der Waals surface area contributed by atoms with Crippen LogP contribution in [-0.2, 0) is 4.79 Å². The second kappa shape index (κ2) is 9.37. The molecule has 0 heterocycles. The van der Waals surface area contributed by atoms with Crippen LogP contribution in [0, 0.1) is 0 Å². The molecule has 1 amide bonds. The molecule has 3 N–H and O–H groups in total. The van der Waals surface area contributed by atoms with Gasteiger partial charge in [-0.05, 0) is 39.1 Å². The number of benzene rings is 1. The molecule has 118 valence electrons. The van der Waals surface area contributed by atoms with Crippen LogP contribution in [0.15, 0.2) is 24.3 Å². The Morgan fingerprint density at radius 3 is 2.86 bits per heavy atom. The summed E-state index contributed by atoms with van der Waals surface area (Å²) in [4.78, 5) is 14.0. The highest BCUT2D eigenvalue weighted by molar-refractivity contribution is 5.94. The molecule has 0 saturated carbocycles. The minimum Gasteiger partial charge on any atom is -0.493 e. The molecule has 0 fully saturated rings. The van der Waals surface area contributed by atoms with Crippen LogP contribution >= 0.6 is 0 Å². The van der Waals surface area contributed by atoms with E-state index in [0.29, 0.717) is 13.0 Å². The van der Waals surface area contributed by atoms with Gasteiger partial charge in [0.25, 0.3) is 0 Å². The lowest BCUT2D eigenvalue weighted by atomic mass is 10.1. The molecule has 0 bridgehead atoms. The molecule has 5 nitrogen and oxygen atoms in total. The first-order valence-corrected chi connectivity index (χ1v) is 7.47. The zero-order chi connectivity index (χ0) is 15.7. The Morgan fingerprint density at radius 1 is 1.43 bits per heavy atom. The summed E-state index contributed by atoms with van der Waals surface area (Å²) in [5.41, 5.74) is 6.51. The molecule has 5 heteroatoms. The highest BCUT2D eigenvalue weighted by Crippen LogP contribution is 2.17. The summed E-state index contributed by atoms with van der Waals surface area (Å²) in [7, 11) is 4.07. The Bertz CT molecular complexity index is 435. The third kappa shape index (κ3) is 7.11. The van der Waals surface area contributed by atoms with Crippen LogP contribution < -0.4 is 15.8 Å². The molecule has 1 aromatic carbocycles. The molecule has 1 atom stereocenters. The summed E-state index contributed by atoms with van der Waals surface area (Å²) < 4.78 is 5.68. The van der Waals surface area contributed by atoms with Gasteiger partial charge in [-0.1, -0.05) is 19.4 Å². The predicted molar refractivity (Wildman–Crippen MR) is 86.6 cm³/mol. The number of anilines is 1. The third-order valence-electron chi connectivity index (χ3n) is 3.06. The molecular weight excluding hydrogens is 266 g/mol. The Labute approximate surface area is 127 Å². The van der Waals surface area contributed by atoms with Crippen molar-refractivity contribution in [2.24, 2.45) is 5.73 Å². The van der Waals surface area contributed by atoms with E-state index in [1.165, 1.54) is 0 Å². The first-order chi connectivity index (χ1) is 10.0. The van der Waals surface area contributed by atoms with Gasteiger partial charge in [0.2, 0.25) is 5.91 Å². The molecule has 0 aliphatic rings. The largest absolute Gasteiger partial charge is 0.493 e. The number of nitrogens with one attached hydrogen (secondary N) is 1. The molecule has 0 aliphatic carbocycles. The van der Waals surface area contributed by atoms with Crippen molar-refractivity contribution in [1.29, 1.82) is 0 Å². The van der Waals surface area contributed by atoms with Gasteiger partial charge in [-0.25, -0.2) is 0 Å². The average molecular weight is 293 g/mol.